The standard InChI is InChI=1S/C16H26N2O4/c1-3-14(18-7-9-21-10-8-19)16(20)12-5-6-15(22-4-2)13(17)11-12/h5-6,11,14,18-19H,3-4,7-10,17H2,1-2H3. The topological polar surface area (TPSA) is 93.8 Å². The maximum Gasteiger partial charge on any atom is 0.179 e. The van der Waals surface area contributed by atoms with E-state index in [1.165, 1.54) is 0 Å². The molecule has 0 bridgehead atoms. The Morgan fingerprint density at radius 3 is 2.73 bits per heavy atom. The van der Waals surface area contributed by atoms with Crippen molar-refractivity contribution in [2.24, 2.45) is 0 Å². The third-order valence-corrected chi connectivity index (χ3v) is 3.19. The van der Waals surface area contributed by atoms with E-state index >= 15 is 0 Å². The zero-order chi connectivity index (χ0) is 16.4. The molecule has 1 aromatic rings. The van der Waals surface area contributed by atoms with E-state index in [4.69, 9.17) is 20.3 Å². The van der Waals surface area contributed by atoms with Crippen LogP contribution >= 0.6 is 0 Å². The van der Waals surface area contributed by atoms with Crippen LogP contribution in [0.5, 0.6) is 5.75 Å². The molecule has 0 aliphatic rings. The Kier molecular flexibility index (Phi) is 8.50. The first-order chi connectivity index (χ1) is 10.6. The van der Waals surface area contributed by atoms with Gasteiger partial charge in [-0.05, 0) is 31.5 Å². The summed E-state index contributed by atoms with van der Waals surface area (Å²) in [5.41, 5.74) is 6.93. The van der Waals surface area contributed by atoms with E-state index in [9.17, 15) is 4.79 Å². The van der Waals surface area contributed by atoms with Crippen LogP contribution in [-0.4, -0.2) is 49.9 Å². The number of carbonyl (C=O) groups excluding carboxylic acids is 1. The van der Waals surface area contributed by atoms with Gasteiger partial charge in [-0.15, -0.1) is 0 Å². The normalized spacial score (nSPS) is 12.1. The first kappa shape index (κ1) is 18.4. The van der Waals surface area contributed by atoms with E-state index in [0.717, 1.165) is 0 Å². The Morgan fingerprint density at radius 2 is 2.14 bits per heavy atom. The molecule has 0 radical (unpaired) electrons. The van der Waals surface area contributed by atoms with Crippen LogP contribution in [0.4, 0.5) is 5.69 Å². The molecule has 1 aromatic carbocycles. The van der Waals surface area contributed by atoms with Crippen molar-refractivity contribution >= 4 is 11.5 Å². The molecule has 124 valence electrons. The number of rotatable bonds is 11. The number of aliphatic hydroxyl groups excluding tert-OH is 1. The van der Waals surface area contributed by atoms with Crippen molar-refractivity contribution in [1.29, 1.82) is 0 Å². The van der Waals surface area contributed by atoms with E-state index in [-0.39, 0.29) is 18.4 Å². The van der Waals surface area contributed by atoms with E-state index < -0.39 is 0 Å². The van der Waals surface area contributed by atoms with E-state index in [0.29, 0.717) is 49.8 Å². The van der Waals surface area contributed by atoms with Crippen molar-refractivity contribution in [1.82, 2.24) is 5.32 Å². The summed E-state index contributed by atoms with van der Waals surface area (Å²) in [6.45, 7) is 5.68. The lowest BCUT2D eigenvalue weighted by Gasteiger charge is -2.17. The van der Waals surface area contributed by atoms with Gasteiger partial charge in [-0.3, -0.25) is 4.79 Å². The van der Waals surface area contributed by atoms with Gasteiger partial charge in [-0.1, -0.05) is 6.92 Å². The lowest BCUT2D eigenvalue weighted by atomic mass is 10.0. The minimum absolute atomic E-state index is 0.000549. The number of carbonyl (C=O) groups is 1. The second kappa shape index (κ2) is 10.2. The highest BCUT2D eigenvalue weighted by atomic mass is 16.5. The highest BCUT2D eigenvalue weighted by Crippen LogP contribution is 2.23. The fourth-order valence-electron chi connectivity index (χ4n) is 2.08. The second-order valence-corrected chi connectivity index (χ2v) is 4.80. The predicted octanol–water partition coefficient (Wildman–Crippen LogP) is 1.23. The largest absolute Gasteiger partial charge is 0.492 e. The predicted molar refractivity (Wildman–Crippen MR) is 86.3 cm³/mol. The number of ether oxygens (including phenoxy) is 2. The minimum Gasteiger partial charge on any atom is -0.492 e. The van der Waals surface area contributed by atoms with Crippen LogP contribution in [0.1, 0.15) is 30.6 Å². The summed E-state index contributed by atoms with van der Waals surface area (Å²) in [5, 5.41) is 11.8. The van der Waals surface area contributed by atoms with Gasteiger partial charge in [0.15, 0.2) is 5.78 Å². The molecule has 0 saturated heterocycles. The van der Waals surface area contributed by atoms with E-state index in [1.54, 1.807) is 18.2 Å². The van der Waals surface area contributed by atoms with Crippen molar-refractivity contribution in [3.8, 4) is 5.75 Å². The molecule has 0 aromatic heterocycles. The number of aliphatic hydroxyl groups is 1. The highest BCUT2D eigenvalue weighted by Gasteiger charge is 2.18. The van der Waals surface area contributed by atoms with Crippen molar-refractivity contribution in [2.45, 2.75) is 26.3 Å². The summed E-state index contributed by atoms with van der Waals surface area (Å²) in [6, 6.07) is 4.83. The number of ketones is 1. The van der Waals surface area contributed by atoms with Gasteiger partial charge in [0, 0.05) is 12.1 Å². The van der Waals surface area contributed by atoms with E-state index in [1.807, 2.05) is 13.8 Å². The number of anilines is 1. The number of hydrogen-bond donors (Lipinski definition) is 3. The first-order valence-corrected chi connectivity index (χ1v) is 7.62. The van der Waals surface area contributed by atoms with Gasteiger partial charge in [0.2, 0.25) is 0 Å². The monoisotopic (exact) mass is 310 g/mol. The average molecular weight is 310 g/mol. The van der Waals surface area contributed by atoms with Crippen LogP contribution in [0.2, 0.25) is 0 Å². The van der Waals surface area contributed by atoms with Gasteiger partial charge in [0.05, 0.1) is 38.2 Å². The van der Waals surface area contributed by atoms with Gasteiger partial charge in [-0.2, -0.15) is 0 Å². The third-order valence-electron chi connectivity index (χ3n) is 3.19. The molecule has 6 nitrogen and oxygen atoms in total. The SMILES string of the molecule is CCOc1ccc(C(=O)C(CC)NCCOCCO)cc1N. The molecule has 0 saturated carbocycles. The first-order valence-electron chi connectivity index (χ1n) is 7.62. The second-order valence-electron chi connectivity index (χ2n) is 4.80. The Labute approximate surface area is 131 Å². The molecule has 0 fully saturated rings. The van der Waals surface area contributed by atoms with Crippen molar-refractivity contribution in [3.05, 3.63) is 23.8 Å². The Bertz CT molecular complexity index is 465. The van der Waals surface area contributed by atoms with Gasteiger partial charge >= 0.3 is 0 Å². The van der Waals surface area contributed by atoms with Gasteiger partial charge in [-0.25, -0.2) is 0 Å². The zero-order valence-electron chi connectivity index (χ0n) is 13.3. The molecule has 4 N–H and O–H groups in total. The fourth-order valence-corrected chi connectivity index (χ4v) is 2.08. The smallest absolute Gasteiger partial charge is 0.179 e. The summed E-state index contributed by atoms with van der Waals surface area (Å²) in [6.07, 6.45) is 0.673. The van der Waals surface area contributed by atoms with Gasteiger partial charge in [0.1, 0.15) is 5.75 Å². The zero-order valence-corrected chi connectivity index (χ0v) is 13.3. The van der Waals surface area contributed by atoms with Crippen LogP contribution in [0.3, 0.4) is 0 Å². The Morgan fingerprint density at radius 1 is 1.36 bits per heavy atom. The summed E-state index contributed by atoms with van der Waals surface area (Å²) >= 11 is 0. The molecule has 0 amide bonds. The number of hydrogen-bond acceptors (Lipinski definition) is 6. The van der Waals surface area contributed by atoms with Crippen LogP contribution in [-0.2, 0) is 4.74 Å². The van der Waals surface area contributed by atoms with Crippen LogP contribution in [0, 0.1) is 0 Å². The van der Waals surface area contributed by atoms with Crippen LogP contribution in [0.15, 0.2) is 18.2 Å². The maximum absolute atomic E-state index is 12.5. The summed E-state index contributed by atoms with van der Waals surface area (Å²) in [7, 11) is 0. The average Bonchev–Trinajstić information content (AvgIpc) is 2.52. The highest BCUT2D eigenvalue weighted by molar-refractivity contribution is 6.01. The molecule has 1 atom stereocenters. The molecule has 0 spiro atoms. The Balaban J connectivity index is 2.61. The van der Waals surface area contributed by atoms with Crippen molar-refractivity contribution in [2.75, 3.05) is 38.7 Å². The van der Waals surface area contributed by atoms with E-state index in [2.05, 4.69) is 5.32 Å². The molecule has 1 rings (SSSR count). The lowest BCUT2D eigenvalue weighted by molar-refractivity contribution is 0.0860. The molecule has 1 unspecified atom stereocenters. The summed E-state index contributed by atoms with van der Waals surface area (Å²) in [5.74, 6) is 0.594. The minimum atomic E-state index is -0.282. The van der Waals surface area contributed by atoms with Crippen LogP contribution < -0.4 is 15.8 Å². The maximum atomic E-state index is 12.5. The van der Waals surface area contributed by atoms with Gasteiger partial charge < -0.3 is 25.6 Å². The number of nitrogens with one attached hydrogen (secondary N) is 1. The Hall–Kier alpha value is -1.63. The third kappa shape index (κ3) is 5.63. The lowest BCUT2D eigenvalue weighted by Crippen LogP contribution is -2.38. The number of benzene rings is 1. The molecule has 0 heterocycles. The van der Waals surface area contributed by atoms with Crippen molar-refractivity contribution < 1.29 is 19.4 Å². The number of nitrogen functional groups attached to an aromatic ring is 1. The van der Waals surface area contributed by atoms with Gasteiger partial charge in [0.25, 0.3) is 0 Å². The molecular formula is C16H26N2O4. The van der Waals surface area contributed by atoms with Crippen molar-refractivity contribution in [3.63, 3.8) is 0 Å². The molecule has 0 aliphatic heterocycles. The molecule has 22 heavy (non-hydrogen) atoms. The number of Topliss-reactive ketones (excluding diaryl/α,β-unsaturated/α-hetero) is 1. The summed E-state index contributed by atoms with van der Waals surface area (Å²) in [4.78, 5) is 12.5. The fraction of sp³-hybridized carbons (Fsp3) is 0.562. The van der Waals surface area contributed by atoms with Crippen LogP contribution in [0.25, 0.3) is 0 Å². The molecular weight excluding hydrogens is 284 g/mol. The quantitative estimate of drug-likeness (QED) is 0.323. The molecule has 0 aliphatic carbocycles. The number of nitrogens with two attached hydrogens (primary N) is 1. The summed E-state index contributed by atoms with van der Waals surface area (Å²) < 4.78 is 10.5. The molecule has 6 heteroatoms.